The fourth-order valence-electron chi connectivity index (χ4n) is 2.76. The summed E-state index contributed by atoms with van der Waals surface area (Å²) < 4.78 is 16.0. The molecule has 0 radical (unpaired) electrons. The Balaban J connectivity index is 1.38. The minimum atomic E-state index is -0.466. The molecule has 2 N–H and O–H groups in total. The van der Waals surface area contributed by atoms with Crippen LogP contribution in [-0.2, 0) is 5.75 Å². The second-order valence-electron chi connectivity index (χ2n) is 6.29. The summed E-state index contributed by atoms with van der Waals surface area (Å²) in [5.41, 5.74) is 5.63. The van der Waals surface area contributed by atoms with Gasteiger partial charge in [0.15, 0.2) is 17.3 Å². The van der Waals surface area contributed by atoms with Crippen molar-refractivity contribution in [3.8, 4) is 11.5 Å². The lowest BCUT2D eigenvalue weighted by atomic mass is 10.2. The third kappa shape index (κ3) is 4.54. The zero-order valence-corrected chi connectivity index (χ0v) is 16.8. The van der Waals surface area contributed by atoms with E-state index in [0.29, 0.717) is 53.3 Å². The lowest BCUT2D eigenvalue weighted by Crippen LogP contribution is -2.41. The first kappa shape index (κ1) is 19.8. The topological polar surface area (TPSA) is 116 Å². The summed E-state index contributed by atoms with van der Waals surface area (Å²) >= 11 is 1.39. The highest BCUT2D eigenvalue weighted by atomic mass is 32.2. The molecule has 0 saturated carbocycles. The van der Waals surface area contributed by atoms with Crippen LogP contribution >= 0.6 is 11.8 Å². The maximum atomic E-state index is 12.6. The smallest absolute Gasteiger partial charge is 0.270 e. The van der Waals surface area contributed by atoms with Crippen LogP contribution in [0.25, 0.3) is 0 Å². The molecule has 154 valence electrons. The van der Waals surface area contributed by atoms with Gasteiger partial charge in [0, 0.05) is 10.5 Å². The average Bonchev–Trinajstić information content (AvgIpc) is 3.20. The van der Waals surface area contributed by atoms with Gasteiger partial charge in [-0.15, -0.1) is 11.8 Å². The van der Waals surface area contributed by atoms with Crippen LogP contribution in [0.5, 0.6) is 11.5 Å². The molecule has 0 unspecified atom stereocenters. The molecule has 2 amide bonds. The van der Waals surface area contributed by atoms with Crippen LogP contribution in [0, 0.1) is 6.92 Å². The SMILES string of the molecule is Cc1noc(CSc2ccccc2C(=O)NNC(=O)c2ccc3c(c2)OCCO3)n1. The van der Waals surface area contributed by atoms with Crippen molar-refractivity contribution in [3.63, 3.8) is 0 Å². The van der Waals surface area contributed by atoms with Crippen molar-refractivity contribution in [2.75, 3.05) is 13.2 Å². The van der Waals surface area contributed by atoms with Crippen LogP contribution in [0.4, 0.5) is 0 Å². The zero-order chi connectivity index (χ0) is 20.9. The number of rotatable bonds is 5. The van der Waals surface area contributed by atoms with E-state index in [1.165, 1.54) is 11.8 Å². The molecule has 0 fully saturated rings. The number of hydrazine groups is 1. The van der Waals surface area contributed by atoms with Crippen molar-refractivity contribution in [1.29, 1.82) is 0 Å². The molecule has 3 aromatic rings. The van der Waals surface area contributed by atoms with Crippen LogP contribution in [0.3, 0.4) is 0 Å². The lowest BCUT2D eigenvalue weighted by Gasteiger charge is -2.18. The fraction of sp³-hybridized carbons (Fsp3) is 0.200. The van der Waals surface area contributed by atoms with Crippen molar-refractivity contribution >= 4 is 23.6 Å². The summed E-state index contributed by atoms with van der Waals surface area (Å²) in [4.78, 5) is 29.9. The minimum absolute atomic E-state index is 0.342. The third-order valence-corrected chi connectivity index (χ3v) is 5.20. The molecule has 2 aromatic carbocycles. The normalized spacial score (nSPS) is 12.3. The van der Waals surface area contributed by atoms with Crippen LogP contribution in [0.1, 0.15) is 32.4 Å². The Bertz CT molecular complexity index is 1080. The van der Waals surface area contributed by atoms with E-state index in [9.17, 15) is 9.59 Å². The number of nitrogens with one attached hydrogen (secondary N) is 2. The Morgan fingerprint density at radius 1 is 1.03 bits per heavy atom. The van der Waals surface area contributed by atoms with Gasteiger partial charge in [0.25, 0.3) is 11.8 Å². The molecular weight excluding hydrogens is 408 g/mol. The predicted molar refractivity (Wildman–Crippen MR) is 107 cm³/mol. The van der Waals surface area contributed by atoms with Crippen molar-refractivity contribution in [2.45, 2.75) is 17.6 Å². The molecule has 0 saturated heterocycles. The van der Waals surface area contributed by atoms with E-state index >= 15 is 0 Å². The van der Waals surface area contributed by atoms with E-state index in [0.717, 1.165) is 4.90 Å². The molecule has 4 rings (SSSR count). The number of ether oxygens (including phenoxy) is 2. The minimum Gasteiger partial charge on any atom is -0.486 e. The molecule has 10 heteroatoms. The lowest BCUT2D eigenvalue weighted by molar-refractivity contribution is 0.0844. The highest BCUT2D eigenvalue weighted by Crippen LogP contribution is 2.30. The number of carbonyl (C=O) groups excluding carboxylic acids is 2. The first-order valence-electron chi connectivity index (χ1n) is 9.11. The summed E-state index contributed by atoms with van der Waals surface area (Å²) in [6, 6.07) is 11.9. The molecule has 0 bridgehead atoms. The molecule has 0 spiro atoms. The number of amides is 2. The fourth-order valence-corrected chi connectivity index (χ4v) is 3.64. The second-order valence-corrected chi connectivity index (χ2v) is 7.30. The highest BCUT2D eigenvalue weighted by molar-refractivity contribution is 7.98. The molecule has 9 nitrogen and oxygen atoms in total. The summed E-state index contributed by atoms with van der Waals surface area (Å²) in [7, 11) is 0. The largest absolute Gasteiger partial charge is 0.486 e. The number of fused-ring (bicyclic) bond motifs is 1. The summed E-state index contributed by atoms with van der Waals surface area (Å²) in [6.07, 6.45) is 0. The number of aryl methyl sites for hydroxylation is 1. The van der Waals surface area contributed by atoms with E-state index in [2.05, 4.69) is 21.0 Å². The van der Waals surface area contributed by atoms with E-state index in [1.54, 1.807) is 37.3 Å². The van der Waals surface area contributed by atoms with Gasteiger partial charge in [-0.3, -0.25) is 20.4 Å². The van der Waals surface area contributed by atoms with Crippen molar-refractivity contribution in [2.24, 2.45) is 0 Å². The summed E-state index contributed by atoms with van der Waals surface area (Å²) in [5.74, 6) is 1.63. The summed E-state index contributed by atoms with van der Waals surface area (Å²) in [6.45, 7) is 2.63. The van der Waals surface area contributed by atoms with Gasteiger partial charge in [0.2, 0.25) is 5.89 Å². The van der Waals surface area contributed by atoms with Crippen molar-refractivity contribution in [3.05, 3.63) is 65.3 Å². The van der Waals surface area contributed by atoms with Gasteiger partial charge in [-0.05, 0) is 37.3 Å². The van der Waals surface area contributed by atoms with Gasteiger partial charge >= 0.3 is 0 Å². The molecular formula is C20H18N4O5S. The molecule has 30 heavy (non-hydrogen) atoms. The molecule has 0 aliphatic carbocycles. The van der Waals surface area contributed by atoms with Gasteiger partial charge in [-0.2, -0.15) is 4.98 Å². The van der Waals surface area contributed by atoms with Crippen LogP contribution in [0.15, 0.2) is 51.9 Å². The number of carbonyl (C=O) groups is 2. The molecule has 1 aliphatic heterocycles. The van der Waals surface area contributed by atoms with Crippen LogP contribution in [-0.4, -0.2) is 35.2 Å². The first-order valence-corrected chi connectivity index (χ1v) is 10.1. The number of nitrogens with zero attached hydrogens (tertiary/aromatic N) is 2. The molecule has 1 aliphatic rings. The van der Waals surface area contributed by atoms with Crippen molar-refractivity contribution in [1.82, 2.24) is 21.0 Å². The summed E-state index contributed by atoms with van der Waals surface area (Å²) in [5, 5.41) is 3.75. The standard InChI is InChI=1S/C20H18N4O5S/c1-12-21-18(29-24-12)11-30-17-5-3-2-4-14(17)20(26)23-22-19(25)13-6-7-15-16(10-13)28-9-8-27-15/h2-7,10H,8-9,11H2,1H3,(H,22,25)(H,23,26). The quantitative estimate of drug-likeness (QED) is 0.472. The van der Waals surface area contributed by atoms with Gasteiger partial charge in [-0.1, -0.05) is 17.3 Å². The van der Waals surface area contributed by atoms with Gasteiger partial charge in [0.05, 0.1) is 11.3 Å². The number of hydrogen-bond donors (Lipinski definition) is 2. The number of aromatic nitrogens is 2. The Kier molecular flexibility index (Phi) is 5.84. The predicted octanol–water partition coefficient (Wildman–Crippen LogP) is 2.52. The highest BCUT2D eigenvalue weighted by Gasteiger charge is 2.17. The van der Waals surface area contributed by atoms with E-state index < -0.39 is 11.8 Å². The van der Waals surface area contributed by atoms with Gasteiger partial charge in [0.1, 0.15) is 13.2 Å². The average molecular weight is 426 g/mol. The van der Waals surface area contributed by atoms with E-state index in [-0.39, 0.29) is 0 Å². The number of hydrogen-bond acceptors (Lipinski definition) is 8. The number of benzene rings is 2. The van der Waals surface area contributed by atoms with Crippen LogP contribution < -0.4 is 20.3 Å². The maximum Gasteiger partial charge on any atom is 0.270 e. The number of thioether (sulfide) groups is 1. The third-order valence-electron chi connectivity index (χ3n) is 4.15. The molecule has 1 aromatic heterocycles. The van der Waals surface area contributed by atoms with Gasteiger partial charge in [-0.25, -0.2) is 0 Å². The van der Waals surface area contributed by atoms with Crippen LogP contribution in [0.2, 0.25) is 0 Å². The second kappa shape index (κ2) is 8.87. The Morgan fingerprint density at radius 3 is 2.60 bits per heavy atom. The van der Waals surface area contributed by atoms with E-state index in [4.69, 9.17) is 14.0 Å². The zero-order valence-electron chi connectivity index (χ0n) is 16.0. The Labute approximate surface area is 176 Å². The van der Waals surface area contributed by atoms with Gasteiger partial charge < -0.3 is 14.0 Å². The first-order chi connectivity index (χ1) is 14.6. The molecule has 2 heterocycles. The Morgan fingerprint density at radius 2 is 1.80 bits per heavy atom. The monoisotopic (exact) mass is 426 g/mol. The van der Waals surface area contributed by atoms with E-state index in [1.807, 2.05) is 12.1 Å². The maximum absolute atomic E-state index is 12.6. The Hall–Kier alpha value is -3.53. The molecule has 0 atom stereocenters. The van der Waals surface area contributed by atoms with Crippen molar-refractivity contribution < 1.29 is 23.6 Å².